The van der Waals surface area contributed by atoms with Crippen LogP contribution in [0.15, 0.2) is 54.6 Å². The number of carbonyl (C=O) groups excluding carboxylic acids is 4. The Balaban J connectivity index is 1.07. The third kappa shape index (κ3) is 3.40. The molecule has 37 heavy (non-hydrogen) atoms. The maximum absolute atomic E-state index is 13.4. The van der Waals surface area contributed by atoms with Crippen molar-refractivity contribution in [3.8, 4) is 5.75 Å². The van der Waals surface area contributed by atoms with Gasteiger partial charge in [-0.3, -0.25) is 19.2 Å². The molecule has 2 saturated carbocycles. The van der Waals surface area contributed by atoms with Crippen LogP contribution in [0.2, 0.25) is 5.02 Å². The molecular formula is C29H25ClN2O5. The van der Waals surface area contributed by atoms with E-state index >= 15 is 0 Å². The number of allylic oxidation sites excluding steroid dienone is 2. The highest BCUT2D eigenvalue weighted by Gasteiger charge is 2.67. The number of ether oxygens (including phenoxy) is 1. The summed E-state index contributed by atoms with van der Waals surface area (Å²) in [7, 11) is 0. The second kappa shape index (κ2) is 8.02. The highest BCUT2D eigenvalue weighted by Crippen LogP contribution is 2.65. The maximum atomic E-state index is 13.4. The number of benzene rings is 2. The van der Waals surface area contributed by atoms with Crippen LogP contribution in [0.3, 0.4) is 0 Å². The lowest BCUT2D eigenvalue weighted by molar-refractivity contribution is -0.139. The second-order valence-electron chi connectivity index (χ2n) is 10.9. The number of aryl methyl sites for hydroxylation is 1. The molecule has 2 bridgehead atoms. The predicted molar refractivity (Wildman–Crippen MR) is 136 cm³/mol. The van der Waals surface area contributed by atoms with E-state index in [1.807, 2.05) is 0 Å². The Kier molecular flexibility index (Phi) is 4.93. The van der Waals surface area contributed by atoms with E-state index in [-0.39, 0.29) is 54.4 Å². The Bertz CT molecular complexity index is 1380. The van der Waals surface area contributed by atoms with Crippen LogP contribution in [0, 0.1) is 48.3 Å². The van der Waals surface area contributed by atoms with Crippen LogP contribution >= 0.6 is 11.6 Å². The molecule has 0 N–H and O–H groups in total. The fraction of sp³-hybridized carbons (Fsp3) is 0.379. The summed E-state index contributed by atoms with van der Waals surface area (Å²) in [6.45, 7) is 2.02. The van der Waals surface area contributed by atoms with Gasteiger partial charge in [0, 0.05) is 23.7 Å². The molecule has 2 heterocycles. The lowest BCUT2D eigenvalue weighted by atomic mass is 9.63. The van der Waals surface area contributed by atoms with Gasteiger partial charge in [-0.05, 0) is 79.0 Å². The fourth-order valence-electron chi connectivity index (χ4n) is 7.10. The van der Waals surface area contributed by atoms with E-state index in [4.69, 9.17) is 16.3 Å². The van der Waals surface area contributed by atoms with Crippen LogP contribution in [-0.4, -0.2) is 30.2 Å². The van der Waals surface area contributed by atoms with Gasteiger partial charge < -0.3 is 9.64 Å². The van der Waals surface area contributed by atoms with Crippen molar-refractivity contribution in [1.29, 1.82) is 0 Å². The number of rotatable bonds is 4. The van der Waals surface area contributed by atoms with Crippen molar-refractivity contribution >= 4 is 46.7 Å². The standard InChI is InChI=1S/C29H25ClN2O5/c1-14-9-18(37-29(36)15-10-24(33)31(13-15)17-4-2-3-16(30)11-17)5-8-23(14)32-27(34)25-19-6-7-20(22-12-21(19)22)26(25)28(32)35/h2-9,11,15,19-22,25-26H,10,12-13H2,1H3/t15-,19+,20+,21-,22+,25-,26+/m1/s1. The lowest BCUT2D eigenvalue weighted by Gasteiger charge is -2.37. The summed E-state index contributed by atoms with van der Waals surface area (Å²) in [6, 6.07) is 11.9. The Labute approximate surface area is 219 Å². The van der Waals surface area contributed by atoms with Crippen LogP contribution in [0.4, 0.5) is 11.4 Å². The van der Waals surface area contributed by atoms with Crippen LogP contribution < -0.4 is 14.5 Å². The summed E-state index contributed by atoms with van der Waals surface area (Å²) in [5.41, 5.74) is 1.87. The molecule has 2 saturated heterocycles. The number of hydrogen-bond donors (Lipinski definition) is 0. The van der Waals surface area contributed by atoms with Crippen molar-refractivity contribution in [3.63, 3.8) is 0 Å². The third-order valence-electron chi connectivity index (χ3n) is 8.87. The normalized spacial score (nSPS) is 33.1. The number of hydrogen-bond acceptors (Lipinski definition) is 5. The topological polar surface area (TPSA) is 84.0 Å². The monoisotopic (exact) mass is 516 g/mol. The predicted octanol–water partition coefficient (Wildman–Crippen LogP) is 4.16. The zero-order chi connectivity index (χ0) is 25.6. The summed E-state index contributed by atoms with van der Waals surface area (Å²) in [6.07, 6.45) is 5.50. The molecule has 2 aromatic rings. The van der Waals surface area contributed by atoms with Crippen molar-refractivity contribution in [2.75, 3.05) is 16.3 Å². The molecule has 7 atom stereocenters. The Morgan fingerprint density at radius 2 is 1.68 bits per heavy atom. The van der Waals surface area contributed by atoms with Gasteiger partial charge in [0.1, 0.15) is 5.75 Å². The smallest absolute Gasteiger partial charge is 0.316 e. The van der Waals surface area contributed by atoms with E-state index < -0.39 is 11.9 Å². The minimum absolute atomic E-state index is 0.0559. The summed E-state index contributed by atoms with van der Waals surface area (Å²) in [4.78, 5) is 55.2. The zero-order valence-electron chi connectivity index (χ0n) is 20.2. The molecular weight excluding hydrogens is 492 g/mol. The van der Waals surface area contributed by atoms with E-state index in [0.717, 1.165) is 6.42 Å². The molecule has 6 aliphatic rings. The summed E-state index contributed by atoms with van der Waals surface area (Å²) >= 11 is 6.05. The van der Waals surface area contributed by atoms with Crippen molar-refractivity contribution in [2.45, 2.75) is 19.8 Å². The molecule has 0 aromatic heterocycles. The van der Waals surface area contributed by atoms with Gasteiger partial charge in [0.05, 0.1) is 23.4 Å². The first-order valence-electron chi connectivity index (χ1n) is 12.8. The Morgan fingerprint density at radius 3 is 2.32 bits per heavy atom. The van der Waals surface area contributed by atoms with Gasteiger partial charge in [0.15, 0.2) is 0 Å². The van der Waals surface area contributed by atoms with E-state index in [0.29, 0.717) is 39.5 Å². The Hall–Kier alpha value is -3.45. The van der Waals surface area contributed by atoms with Gasteiger partial charge in [-0.1, -0.05) is 29.8 Å². The zero-order valence-corrected chi connectivity index (χ0v) is 20.9. The average Bonchev–Trinajstić information content (AvgIpc) is 3.55. The van der Waals surface area contributed by atoms with Crippen LogP contribution in [-0.2, 0) is 19.2 Å². The fourth-order valence-corrected chi connectivity index (χ4v) is 7.28. The van der Waals surface area contributed by atoms with Crippen LogP contribution in [0.5, 0.6) is 5.75 Å². The third-order valence-corrected chi connectivity index (χ3v) is 9.10. The van der Waals surface area contributed by atoms with Gasteiger partial charge in [0.25, 0.3) is 0 Å². The molecule has 7 nitrogen and oxygen atoms in total. The van der Waals surface area contributed by atoms with Crippen molar-refractivity contribution in [3.05, 3.63) is 65.2 Å². The number of amides is 3. The highest BCUT2D eigenvalue weighted by atomic mass is 35.5. The van der Waals surface area contributed by atoms with E-state index in [9.17, 15) is 19.2 Å². The van der Waals surface area contributed by atoms with Gasteiger partial charge >= 0.3 is 5.97 Å². The molecule has 8 rings (SSSR count). The summed E-state index contributed by atoms with van der Waals surface area (Å²) in [5.74, 6) is -0.251. The first-order chi connectivity index (χ1) is 17.8. The summed E-state index contributed by atoms with van der Waals surface area (Å²) in [5, 5.41) is 0.516. The molecule has 0 spiro atoms. The minimum Gasteiger partial charge on any atom is -0.426 e. The molecule has 3 amide bonds. The maximum Gasteiger partial charge on any atom is 0.316 e. The second-order valence-corrected chi connectivity index (χ2v) is 11.4. The molecule has 2 aliphatic heterocycles. The van der Waals surface area contributed by atoms with E-state index in [2.05, 4.69) is 12.2 Å². The molecule has 4 fully saturated rings. The SMILES string of the molecule is Cc1cc(OC(=O)[C@@H]2CC(=O)N(c3cccc(Cl)c3)C2)ccc1N1C(=O)[C@@H]2[C@H]3C=C[C@@H]([C@@H]4C[C@H]34)[C@@H]2C1=O. The van der Waals surface area contributed by atoms with Gasteiger partial charge in [-0.15, -0.1) is 0 Å². The number of esters is 1. The molecule has 0 radical (unpaired) electrons. The lowest BCUT2D eigenvalue weighted by Crippen LogP contribution is -2.40. The quantitative estimate of drug-likeness (QED) is 0.264. The molecule has 8 heteroatoms. The number of nitrogens with zero attached hydrogens (tertiary/aromatic N) is 2. The van der Waals surface area contributed by atoms with Crippen molar-refractivity contribution < 1.29 is 23.9 Å². The first kappa shape index (κ1) is 22.7. The van der Waals surface area contributed by atoms with Crippen LogP contribution in [0.25, 0.3) is 0 Å². The molecule has 2 aromatic carbocycles. The first-order valence-corrected chi connectivity index (χ1v) is 13.1. The van der Waals surface area contributed by atoms with Crippen LogP contribution in [0.1, 0.15) is 18.4 Å². The van der Waals surface area contributed by atoms with Crippen molar-refractivity contribution in [2.24, 2.45) is 41.4 Å². The number of imide groups is 1. The van der Waals surface area contributed by atoms with E-state index in [1.54, 1.807) is 54.3 Å². The van der Waals surface area contributed by atoms with Gasteiger partial charge in [0.2, 0.25) is 17.7 Å². The van der Waals surface area contributed by atoms with E-state index in [1.165, 1.54) is 4.90 Å². The largest absolute Gasteiger partial charge is 0.426 e. The Morgan fingerprint density at radius 1 is 0.973 bits per heavy atom. The van der Waals surface area contributed by atoms with Gasteiger partial charge in [-0.25, -0.2) is 4.90 Å². The molecule has 0 unspecified atom stereocenters. The molecule has 188 valence electrons. The average molecular weight is 517 g/mol. The number of carbonyl (C=O) groups is 4. The van der Waals surface area contributed by atoms with Crippen molar-refractivity contribution in [1.82, 2.24) is 0 Å². The summed E-state index contributed by atoms with van der Waals surface area (Å²) < 4.78 is 5.62. The molecule has 4 aliphatic carbocycles. The highest BCUT2D eigenvalue weighted by molar-refractivity contribution is 6.31. The number of anilines is 2. The minimum atomic E-state index is -0.606. The number of halogens is 1. The van der Waals surface area contributed by atoms with Gasteiger partial charge in [-0.2, -0.15) is 0 Å².